The highest BCUT2D eigenvalue weighted by Gasteiger charge is 2.33. The molecule has 1 fully saturated rings. The molecule has 2 amide bonds. The maximum absolute atomic E-state index is 13.0. The first-order chi connectivity index (χ1) is 15.5. The van der Waals surface area contributed by atoms with Gasteiger partial charge in [-0.3, -0.25) is 14.4 Å². The van der Waals surface area contributed by atoms with Crippen LogP contribution in [0.2, 0.25) is 0 Å². The van der Waals surface area contributed by atoms with Crippen molar-refractivity contribution in [2.24, 2.45) is 0 Å². The van der Waals surface area contributed by atoms with Crippen LogP contribution in [0.4, 0.5) is 5.69 Å². The Labute approximate surface area is 189 Å². The molecule has 0 spiro atoms. The van der Waals surface area contributed by atoms with Crippen molar-refractivity contribution in [3.8, 4) is 11.5 Å². The van der Waals surface area contributed by atoms with E-state index in [0.29, 0.717) is 35.7 Å². The molecule has 0 bridgehead atoms. The molecule has 3 aliphatic rings. The smallest absolute Gasteiger partial charge is 0.237 e. The fourth-order valence-corrected chi connectivity index (χ4v) is 5.09. The van der Waals surface area contributed by atoms with E-state index in [1.807, 2.05) is 25.1 Å². The molecular weight excluding hydrogens is 432 g/mol. The van der Waals surface area contributed by atoms with Crippen LogP contribution in [0.15, 0.2) is 36.4 Å². The monoisotopic (exact) mass is 453 g/mol. The van der Waals surface area contributed by atoms with Gasteiger partial charge in [0.05, 0.1) is 17.1 Å². The molecule has 166 valence electrons. The number of thioether (sulfide) groups is 1. The highest BCUT2D eigenvalue weighted by molar-refractivity contribution is 8.01. The van der Waals surface area contributed by atoms with Gasteiger partial charge >= 0.3 is 0 Å². The predicted molar refractivity (Wildman–Crippen MR) is 117 cm³/mol. The lowest BCUT2D eigenvalue weighted by Crippen LogP contribution is -2.28. The van der Waals surface area contributed by atoms with Crippen molar-refractivity contribution in [3.05, 3.63) is 59.8 Å². The molecule has 0 saturated carbocycles. The summed E-state index contributed by atoms with van der Waals surface area (Å²) in [6.45, 7) is 3.86. The zero-order valence-electron chi connectivity index (χ0n) is 17.3. The highest BCUT2D eigenvalue weighted by atomic mass is 32.2. The van der Waals surface area contributed by atoms with Crippen LogP contribution in [-0.2, 0) is 27.3 Å². The minimum Gasteiger partial charge on any atom is -0.525 e. The third kappa shape index (κ3) is 4.05. The number of carbonyl (C=O) groups is 3. The third-order valence-corrected chi connectivity index (χ3v) is 6.93. The maximum Gasteiger partial charge on any atom is 0.237 e. The molecule has 3 aliphatic heterocycles. The first-order valence-corrected chi connectivity index (χ1v) is 11.2. The van der Waals surface area contributed by atoms with Crippen LogP contribution < -0.4 is 14.8 Å². The molecule has 0 aliphatic carbocycles. The number of nitrogens with zero attached hydrogens (tertiary/aromatic N) is 1. The second kappa shape index (κ2) is 8.48. The van der Waals surface area contributed by atoms with Crippen molar-refractivity contribution in [2.45, 2.75) is 30.4 Å². The normalized spacial score (nSPS) is 22.0. The quantitative estimate of drug-likeness (QED) is 0.712. The van der Waals surface area contributed by atoms with Gasteiger partial charge in [-0.05, 0) is 48.7 Å². The van der Waals surface area contributed by atoms with Crippen LogP contribution in [-0.4, -0.2) is 46.4 Å². The van der Waals surface area contributed by atoms with E-state index in [4.69, 9.17) is 14.2 Å². The van der Waals surface area contributed by atoms with Gasteiger partial charge in [-0.1, -0.05) is 12.1 Å². The standard InChI is InChI=1S/C23H21N2O6S/c1-13-22(27)17-8-19-18(30-12-31-19)6-15(17)7-20(32-13)23(28)24-16-4-2-14(3-5-16)9-25-11-29-10-21(25)26/h2-6,8,11,13,20H,7,9-10,12H2,1H3,(H,24,28)/q-1/t13-,20+/m0/s1. The van der Waals surface area contributed by atoms with Gasteiger partial charge in [0.1, 0.15) is 0 Å². The number of ketones is 1. The molecule has 0 aromatic heterocycles. The van der Waals surface area contributed by atoms with E-state index >= 15 is 0 Å². The lowest BCUT2D eigenvalue weighted by atomic mass is 9.97. The number of carbonyl (C=O) groups excluding carboxylic acids is 3. The minimum absolute atomic E-state index is 0.0137. The van der Waals surface area contributed by atoms with Gasteiger partial charge in [-0.15, -0.1) is 18.5 Å². The van der Waals surface area contributed by atoms with Gasteiger partial charge in [0.15, 0.2) is 17.3 Å². The average molecular weight is 453 g/mol. The van der Waals surface area contributed by atoms with Gasteiger partial charge in [0.25, 0.3) is 0 Å². The highest BCUT2D eigenvalue weighted by Crippen LogP contribution is 2.39. The molecule has 2 aromatic carbocycles. The van der Waals surface area contributed by atoms with Crippen LogP contribution in [0.25, 0.3) is 0 Å². The van der Waals surface area contributed by atoms with E-state index in [1.165, 1.54) is 23.4 Å². The number of hydrogen-bond acceptors (Lipinski definition) is 7. The van der Waals surface area contributed by atoms with E-state index in [2.05, 4.69) is 5.32 Å². The van der Waals surface area contributed by atoms with E-state index in [-0.39, 0.29) is 36.2 Å². The summed E-state index contributed by atoms with van der Waals surface area (Å²) in [6, 6.07) is 10.9. The minimum atomic E-state index is -0.427. The number of nitrogens with one attached hydrogen (secondary N) is 1. The molecule has 1 saturated heterocycles. The topological polar surface area (TPSA) is 94.2 Å². The molecule has 3 heterocycles. The summed E-state index contributed by atoms with van der Waals surface area (Å²) in [5, 5.41) is 2.17. The van der Waals surface area contributed by atoms with E-state index in [9.17, 15) is 14.4 Å². The SMILES string of the molecule is C[C@@H]1S[C@@H](C(=O)Nc2ccc(CN3[CH-]OCC3=O)cc2)Cc2cc3c(cc2C1=O)OCO3. The Kier molecular flexibility index (Phi) is 5.52. The second-order valence-electron chi connectivity index (χ2n) is 7.82. The number of ether oxygens (including phenoxy) is 3. The zero-order valence-corrected chi connectivity index (χ0v) is 18.1. The van der Waals surface area contributed by atoms with Gasteiger partial charge in [-0.2, -0.15) is 0 Å². The van der Waals surface area contributed by atoms with E-state index in [0.717, 1.165) is 11.1 Å². The van der Waals surface area contributed by atoms with Crippen LogP contribution >= 0.6 is 11.8 Å². The zero-order chi connectivity index (χ0) is 22.2. The molecule has 1 N–H and O–H groups in total. The fraction of sp³-hybridized carbons (Fsp3) is 0.304. The largest absolute Gasteiger partial charge is 0.525 e. The lowest BCUT2D eigenvalue weighted by molar-refractivity contribution is -0.126. The summed E-state index contributed by atoms with van der Waals surface area (Å²) in [4.78, 5) is 39.1. The first-order valence-electron chi connectivity index (χ1n) is 10.2. The van der Waals surface area contributed by atoms with Crippen molar-refractivity contribution >= 4 is 35.0 Å². The lowest BCUT2D eigenvalue weighted by Gasteiger charge is -2.23. The number of benzene rings is 2. The molecule has 32 heavy (non-hydrogen) atoms. The van der Waals surface area contributed by atoms with E-state index < -0.39 is 5.25 Å². The summed E-state index contributed by atoms with van der Waals surface area (Å²) in [6.07, 6.45) is 0.420. The summed E-state index contributed by atoms with van der Waals surface area (Å²) in [7, 11) is 0. The molecule has 0 unspecified atom stereocenters. The van der Waals surface area contributed by atoms with Gasteiger partial charge in [0, 0.05) is 17.8 Å². The van der Waals surface area contributed by atoms with Crippen molar-refractivity contribution in [1.29, 1.82) is 0 Å². The van der Waals surface area contributed by atoms with E-state index in [1.54, 1.807) is 18.2 Å². The number of Topliss-reactive ketones (excluding diaryl/α,β-unsaturated/α-hetero) is 1. The number of amides is 2. The van der Waals surface area contributed by atoms with Crippen LogP contribution in [0.1, 0.15) is 28.4 Å². The Morgan fingerprint density at radius 1 is 1.19 bits per heavy atom. The van der Waals surface area contributed by atoms with Crippen molar-refractivity contribution < 1.29 is 28.6 Å². The van der Waals surface area contributed by atoms with Gasteiger partial charge in [-0.25, -0.2) is 0 Å². The van der Waals surface area contributed by atoms with Crippen LogP contribution in [0.3, 0.4) is 0 Å². The Morgan fingerprint density at radius 3 is 2.66 bits per heavy atom. The Bertz CT molecular complexity index is 1090. The number of fused-ring (bicyclic) bond motifs is 2. The number of anilines is 1. The summed E-state index contributed by atoms with van der Waals surface area (Å²) in [5.74, 6) is 0.908. The Hall–Kier alpha value is -3.04. The Balaban J connectivity index is 1.29. The van der Waals surface area contributed by atoms with Crippen molar-refractivity contribution in [1.82, 2.24) is 4.90 Å². The molecule has 5 rings (SSSR count). The van der Waals surface area contributed by atoms with Crippen LogP contribution in [0, 0.1) is 6.73 Å². The Morgan fingerprint density at radius 2 is 1.94 bits per heavy atom. The summed E-state index contributed by atoms with van der Waals surface area (Å²) < 4.78 is 15.9. The summed E-state index contributed by atoms with van der Waals surface area (Å²) in [5.41, 5.74) is 2.96. The predicted octanol–water partition coefficient (Wildman–Crippen LogP) is 2.76. The molecule has 2 atom stereocenters. The fourth-order valence-electron chi connectivity index (χ4n) is 3.89. The maximum atomic E-state index is 13.0. The van der Waals surface area contributed by atoms with Gasteiger partial charge < -0.3 is 24.4 Å². The van der Waals surface area contributed by atoms with Crippen LogP contribution in [0.5, 0.6) is 11.5 Å². The van der Waals surface area contributed by atoms with Gasteiger partial charge in [0.2, 0.25) is 18.6 Å². The molecule has 9 heteroatoms. The molecule has 8 nitrogen and oxygen atoms in total. The number of rotatable bonds is 4. The molecule has 2 aromatic rings. The average Bonchev–Trinajstić information content (AvgIpc) is 3.38. The van der Waals surface area contributed by atoms with Crippen molar-refractivity contribution in [3.63, 3.8) is 0 Å². The number of hydrogen-bond donors (Lipinski definition) is 1. The van der Waals surface area contributed by atoms with Crippen molar-refractivity contribution in [2.75, 3.05) is 18.7 Å². The third-order valence-electron chi connectivity index (χ3n) is 5.60. The first kappa shape index (κ1) is 20.8. The molecule has 0 radical (unpaired) electrons. The summed E-state index contributed by atoms with van der Waals surface area (Å²) >= 11 is 1.36. The second-order valence-corrected chi connectivity index (χ2v) is 9.37. The molecular formula is C23H21N2O6S-.